The average Bonchev–Trinajstić information content (AvgIpc) is 2.82. The molecule has 0 bridgehead atoms. The van der Waals surface area contributed by atoms with E-state index >= 15 is 0 Å². The van der Waals surface area contributed by atoms with Gasteiger partial charge in [0.1, 0.15) is 24.1 Å². The maximum Gasteiger partial charge on any atom is 0.408 e. The molecule has 0 aromatic heterocycles. The van der Waals surface area contributed by atoms with Gasteiger partial charge in [-0.3, -0.25) is 4.79 Å². The first-order valence-electron chi connectivity index (χ1n) is 10.3. The minimum atomic E-state index is -0.845. The molecule has 0 saturated carbocycles. The maximum absolute atomic E-state index is 13.4. The Kier molecular flexibility index (Phi) is 10.5. The number of carbonyl (C=O) groups is 2. The second-order valence-electron chi connectivity index (χ2n) is 7.17. The van der Waals surface area contributed by atoms with Crippen molar-refractivity contribution in [1.29, 1.82) is 0 Å². The lowest BCUT2D eigenvalue weighted by molar-refractivity contribution is -0.133. The van der Waals surface area contributed by atoms with E-state index in [1.807, 2.05) is 36.4 Å². The van der Waals surface area contributed by atoms with E-state index in [0.717, 1.165) is 11.1 Å². The third-order valence-corrected chi connectivity index (χ3v) is 4.99. The van der Waals surface area contributed by atoms with Crippen LogP contribution >= 0.6 is 15.9 Å². The molecule has 2 aromatic rings. The van der Waals surface area contributed by atoms with Crippen molar-refractivity contribution in [1.82, 2.24) is 10.2 Å². The van der Waals surface area contributed by atoms with Crippen LogP contribution in [-0.2, 0) is 22.7 Å². The van der Waals surface area contributed by atoms with Crippen LogP contribution in [0.1, 0.15) is 17.5 Å². The number of methoxy groups -OCH3 is 2. The number of amides is 2. The van der Waals surface area contributed by atoms with Crippen molar-refractivity contribution in [2.45, 2.75) is 25.6 Å². The van der Waals surface area contributed by atoms with Crippen LogP contribution in [0, 0.1) is 0 Å². The van der Waals surface area contributed by atoms with E-state index in [9.17, 15) is 9.59 Å². The molecule has 2 rings (SSSR count). The molecule has 7 nitrogen and oxygen atoms in total. The van der Waals surface area contributed by atoms with Crippen LogP contribution < -0.4 is 14.8 Å². The number of hydrogen-bond acceptors (Lipinski definition) is 5. The zero-order valence-corrected chi connectivity index (χ0v) is 20.5. The van der Waals surface area contributed by atoms with Crippen LogP contribution in [0.4, 0.5) is 4.79 Å². The number of nitrogens with zero attached hydrogens (tertiary/aromatic N) is 1. The van der Waals surface area contributed by atoms with Crippen LogP contribution in [0.25, 0.3) is 0 Å². The van der Waals surface area contributed by atoms with Gasteiger partial charge in [-0.2, -0.15) is 0 Å². The van der Waals surface area contributed by atoms with E-state index in [4.69, 9.17) is 14.2 Å². The van der Waals surface area contributed by atoms with Crippen LogP contribution in [0.2, 0.25) is 0 Å². The Morgan fingerprint density at radius 2 is 1.88 bits per heavy atom. The van der Waals surface area contributed by atoms with Crippen molar-refractivity contribution >= 4 is 27.9 Å². The van der Waals surface area contributed by atoms with Gasteiger partial charge in [-0.1, -0.05) is 58.9 Å². The molecular weight excluding hydrogens is 488 g/mol. The summed E-state index contributed by atoms with van der Waals surface area (Å²) in [6, 6.07) is 13.8. The third kappa shape index (κ3) is 8.31. The van der Waals surface area contributed by atoms with Gasteiger partial charge in [0.05, 0.1) is 20.8 Å². The van der Waals surface area contributed by atoms with Crippen molar-refractivity contribution in [3.8, 4) is 11.5 Å². The minimum absolute atomic E-state index is 0.104. The van der Waals surface area contributed by atoms with Gasteiger partial charge in [0.2, 0.25) is 5.91 Å². The quantitative estimate of drug-likeness (QED) is 0.409. The molecule has 0 aliphatic rings. The number of carbonyl (C=O) groups excluding carboxylic acids is 2. The lowest BCUT2D eigenvalue weighted by Crippen LogP contribution is -2.48. The van der Waals surface area contributed by atoms with Gasteiger partial charge in [-0.05, 0) is 24.1 Å². The number of nitrogens with one attached hydrogen (secondary N) is 1. The number of ether oxygens (including phenoxy) is 3. The summed E-state index contributed by atoms with van der Waals surface area (Å²) in [7, 11) is 3.13. The van der Waals surface area contributed by atoms with Gasteiger partial charge in [0, 0.05) is 22.7 Å². The highest BCUT2D eigenvalue weighted by atomic mass is 79.9. The molecule has 1 N–H and O–H groups in total. The summed E-state index contributed by atoms with van der Waals surface area (Å²) in [6.45, 7) is 8.15. The standard InChI is InChI=1S/C25H29BrN2O5/c1-5-9-22(27-25(30)33-17-19-10-7-6-8-11-19)24(29)28(15-18(2)26)16-20-12-13-21(31-3)14-23(20)32-4/h5-8,10-14,22H,1-2,9,15-17H2,3-4H3,(H,27,30)/t22-/m1/s1. The monoisotopic (exact) mass is 516 g/mol. The van der Waals surface area contributed by atoms with Gasteiger partial charge >= 0.3 is 6.09 Å². The van der Waals surface area contributed by atoms with E-state index in [-0.39, 0.29) is 32.0 Å². The second-order valence-corrected chi connectivity index (χ2v) is 8.29. The highest BCUT2D eigenvalue weighted by Gasteiger charge is 2.27. The molecular formula is C25H29BrN2O5. The molecule has 176 valence electrons. The lowest BCUT2D eigenvalue weighted by Gasteiger charge is -2.28. The van der Waals surface area contributed by atoms with E-state index in [2.05, 4.69) is 34.4 Å². The Balaban J connectivity index is 2.15. The largest absolute Gasteiger partial charge is 0.497 e. The summed E-state index contributed by atoms with van der Waals surface area (Å²) in [6.07, 6.45) is 1.14. The third-order valence-electron chi connectivity index (χ3n) is 4.73. The van der Waals surface area contributed by atoms with Gasteiger partial charge in [0.15, 0.2) is 0 Å². The molecule has 0 spiro atoms. The Bertz CT molecular complexity index is 965. The molecule has 1 atom stereocenters. The minimum Gasteiger partial charge on any atom is -0.497 e. The Morgan fingerprint density at radius 1 is 1.15 bits per heavy atom. The SMILES string of the molecule is C=CC[C@@H](NC(=O)OCc1ccccc1)C(=O)N(CC(=C)Br)Cc1ccc(OC)cc1OC. The average molecular weight is 517 g/mol. The number of halogens is 1. The van der Waals surface area contributed by atoms with Crippen molar-refractivity contribution in [2.24, 2.45) is 0 Å². The number of hydrogen-bond donors (Lipinski definition) is 1. The Labute approximate surface area is 203 Å². The second kappa shape index (κ2) is 13.3. The summed E-state index contributed by atoms with van der Waals surface area (Å²) in [5, 5.41) is 2.65. The van der Waals surface area contributed by atoms with Crippen LogP contribution in [0.15, 0.2) is 72.2 Å². The van der Waals surface area contributed by atoms with Gasteiger partial charge in [0.25, 0.3) is 0 Å². The highest BCUT2D eigenvalue weighted by molar-refractivity contribution is 9.11. The summed E-state index contributed by atoms with van der Waals surface area (Å²) in [5.74, 6) is 0.929. The van der Waals surface area contributed by atoms with E-state index in [1.54, 1.807) is 37.3 Å². The molecule has 0 unspecified atom stereocenters. The zero-order chi connectivity index (χ0) is 24.2. The van der Waals surface area contributed by atoms with Crippen molar-refractivity contribution < 1.29 is 23.8 Å². The number of rotatable bonds is 12. The van der Waals surface area contributed by atoms with Crippen molar-refractivity contribution in [3.63, 3.8) is 0 Å². The first kappa shape index (κ1) is 26.0. The van der Waals surface area contributed by atoms with E-state index in [0.29, 0.717) is 16.0 Å². The molecule has 2 amide bonds. The predicted octanol–water partition coefficient (Wildman–Crippen LogP) is 4.81. The summed E-state index contributed by atoms with van der Waals surface area (Å²) in [5.41, 5.74) is 1.63. The normalized spacial score (nSPS) is 11.1. The van der Waals surface area contributed by atoms with Gasteiger partial charge < -0.3 is 24.4 Å². The fraction of sp³-hybridized carbons (Fsp3) is 0.280. The Morgan fingerprint density at radius 3 is 2.48 bits per heavy atom. The molecule has 0 aliphatic carbocycles. The van der Waals surface area contributed by atoms with E-state index < -0.39 is 12.1 Å². The fourth-order valence-electron chi connectivity index (χ4n) is 3.12. The summed E-state index contributed by atoms with van der Waals surface area (Å²) >= 11 is 3.33. The lowest BCUT2D eigenvalue weighted by atomic mass is 10.1. The van der Waals surface area contributed by atoms with E-state index in [1.165, 1.54) is 0 Å². The molecule has 33 heavy (non-hydrogen) atoms. The van der Waals surface area contributed by atoms with Gasteiger partial charge in [-0.25, -0.2) is 4.79 Å². The van der Waals surface area contributed by atoms with Crippen molar-refractivity contribution in [3.05, 3.63) is 83.4 Å². The highest BCUT2D eigenvalue weighted by Crippen LogP contribution is 2.26. The molecule has 8 heteroatoms. The first-order chi connectivity index (χ1) is 15.9. The molecule has 0 saturated heterocycles. The Hall–Kier alpha value is -3.26. The van der Waals surface area contributed by atoms with Crippen LogP contribution in [-0.4, -0.2) is 43.7 Å². The molecule has 0 aliphatic heterocycles. The molecule has 0 fully saturated rings. The summed E-state index contributed by atoms with van der Waals surface area (Å²) in [4.78, 5) is 27.3. The number of alkyl carbamates (subject to hydrolysis) is 1. The molecule has 0 radical (unpaired) electrons. The maximum atomic E-state index is 13.4. The first-order valence-corrected chi connectivity index (χ1v) is 11.1. The molecule has 2 aromatic carbocycles. The van der Waals surface area contributed by atoms with Crippen LogP contribution in [0.5, 0.6) is 11.5 Å². The number of benzene rings is 2. The molecule has 0 heterocycles. The van der Waals surface area contributed by atoms with Crippen LogP contribution in [0.3, 0.4) is 0 Å². The zero-order valence-electron chi connectivity index (χ0n) is 18.9. The predicted molar refractivity (Wildman–Crippen MR) is 131 cm³/mol. The van der Waals surface area contributed by atoms with Crippen molar-refractivity contribution in [2.75, 3.05) is 20.8 Å². The smallest absolute Gasteiger partial charge is 0.408 e. The topological polar surface area (TPSA) is 77.1 Å². The summed E-state index contributed by atoms with van der Waals surface area (Å²) < 4.78 is 16.6. The van der Waals surface area contributed by atoms with Gasteiger partial charge in [-0.15, -0.1) is 6.58 Å². The fourth-order valence-corrected chi connectivity index (χ4v) is 3.43.